The van der Waals surface area contributed by atoms with Crippen LogP contribution >= 0.6 is 11.9 Å². The standard InChI is InChI=1S/C9H12N2OS/c1-13-11-10-9(12)7-8-5-3-2-4-6-8/h2-6,11H,7H2,1H3,(H,10,12). The number of carbonyl (C=O) groups is 1. The lowest BCUT2D eigenvalue weighted by Gasteiger charge is -2.03. The van der Waals surface area contributed by atoms with Gasteiger partial charge < -0.3 is 0 Å². The number of amides is 1. The molecule has 1 rings (SSSR count). The Hall–Kier alpha value is -1.00. The zero-order valence-corrected chi connectivity index (χ0v) is 8.23. The van der Waals surface area contributed by atoms with Crippen LogP contribution in [-0.4, -0.2) is 12.2 Å². The Bertz CT molecular complexity index is 264. The van der Waals surface area contributed by atoms with Gasteiger partial charge in [0.1, 0.15) is 0 Å². The third-order valence-electron chi connectivity index (χ3n) is 1.50. The molecule has 0 unspecified atom stereocenters. The smallest absolute Gasteiger partial charge is 0.239 e. The molecular formula is C9H12N2OS. The topological polar surface area (TPSA) is 41.1 Å². The van der Waals surface area contributed by atoms with Gasteiger partial charge >= 0.3 is 0 Å². The van der Waals surface area contributed by atoms with Crippen LogP contribution in [0.4, 0.5) is 0 Å². The zero-order valence-electron chi connectivity index (χ0n) is 7.41. The largest absolute Gasteiger partial charge is 0.281 e. The molecule has 0 aliphatic heterocycles. The molecule has 0 fully saturated rings. The van der Waals surface area contributed by atoms with E-state index in [0.29, 0.717) is 6.42 Å². The van der Waals surface area contributed by atoms with Crippen molar-refractivity contribution in [1.82, 2.24) is 10.3 Å². The van der Waals surface area contributed by atoms with Gasteiger partial charge in [0.05, 0.1) is 6.42 Å². The molecule has 3 nitrogen and oxygen atoms in total. The maximum Gasteiger partial charge on any atom is 0.239 e. The average Bonchev–Trinajstić information content (AvgIpc) is 2.16. The van der Waals surface area contributed by atoms with Crippen molar-refractivity contribution in [3.05, 3.63) is 35.9 Å². The first-order valence-electron chi connectivity index (χ1n) is 3.93. The average molecular weight is 196 g/mol. The van der Waals surface area contributed by atoms with Crippen molar-refractivity contribution in [1.29, 1.82) is 0 Å². The number of benzene rings is 1. The van der Waals surface area contributed by atoms with Crippen LogP contribution in [0.5, 0.6) is 0 Å². The summed E-state index contributed by atoms with van der Waals surface area (Å²) < 4.78 is 0. The summed E-state index contributed by atoms with van der Waals surface area (Å²) >= 11 is 1.36. The monoisotopic (exact) mass is 196 g/mol. The van der Waals surface area contributed by atoms with Gasteiger partial charge in [0, 0.05) is 0 Å². The lowest BCUT2D eigenvalue weighted by molar-refractivity contribution is -0.120. The molecule has 0 saturated heterocycles. The van der Waals surface area contributed by atoms with E-state index in [1.165, 1.54) is 11.9 Å². The minimum atomic E-state index is -0.0273. The molecule has 0 bridgehead atoms. The van der Waals surface area contributed by atoms with E-state index < -0.39 is 0 Å². The molecule has 1 aromatic rings. The van der Waals surface area contributed by atoms with Crippen LogP contribution in [-0.2, 0) is 11.2 Å². The third kappa shape index (κ3) is 3.96. The summed E-state index contributed by atoms with van der Waals surface area (Å²) in [5.41, 5.74) is 3.57. The molecule has 4 heteroatoms. The Labute approximate surface area is 82.0 Å². The highest BCUT2D eigenvalue weighted by Crippen LogP contribution is 1.98. The van der Waals surface area contributed by atoms with E-state index in [1.807, 2.05) is 36.6 Å². The van der Waals surface area contributed by atoms with Crippen molar-refractivity contribution in [3.63, 3.8) is 0 Å². The number of nitrogens with one attached hydrogen (secondary N) is 2. The van der Waals surface area contributed by atoms with Crippen molar-refractivity contribution in [2.75, 3.05) is 6.26 Å². The Balaban J connectivity index is 2.37. The Morgan fingerprint density at radius 1 is 1.38 bits per heavy atom. The van der Waals surface area contributed by atoms with Crippen LogP contribution in [0.15, 0.2) is 30.3 Å². The fraction of sp³-hybridized carbons (Fsp3) is 0.222. The van der Waals surface area contributed by atoms with Gasteiger partial charge in [0.2, 0.25) is 5.91 Å². The highest BCUT2D eigenvalue weighted by Gasteiger charge is 2.00. The molecule has 0 aliphatic rings. The number of hydrogen-bond acceptors (Lipinski definition) is 3. The van der Waals surface area contributed by atoms with Crippen LogP contribution in [0.1, 0.15) is 5.56 Å². The molecule has 0 atom stereocenters. The maximum absolute atomic E-state index is 11.2. The third-order valence-corrected chi connectivity index (χ3v) is 1.81. The van der Waals surface area contributed by atoms with Crippen molar-refractivity contribution in [3.8, 4) is 0 Å². The minimum absolute atomic E-state index is 0.0273. The van der Waals surface area contributed by atoms with Crippen molar-refractivity contribution < 1.29 is 4.79 Å². The first-order valence-corrected chi connectivity index (χ1v) is 5.16. The highest BCUT2D eigenvalue weighted by molar-refractivity contribution is 7.96. The quantitative estimate of drug-likeness (QED) is 0.560. The van der Waals surface area contributed by atoms with Crippen LogP contribution < -0.4 is 10.3 Å². The molecule has 13 heavy (non-hydrogen) atoms. The summed E-state index contributed by atoms with van der Waals surface area (Å²) in [4.78, 5) is 13.9. The molecule has 0 aromatic heterocycles. The van der Waals surface area contributed by atoms with Gasteiger partial charge in [-0.2, -0.15) is 4.83 Å². The SMILES string of the molecule is CSNNC(=O)Cc1ccccc1. The molecule has 0 heterocycles. The molecule has 0 aliphatic carbocycles. The second-order valence-electron chi connectivity index (χ2n) is 2.52. The summed E-state index contributed by atoms with van der Waals surface area (Å²) in [6, 6.07) is 9.63. The van der Waals surface area contributed by atoms with E-state index in [0.717, 1.165) is 5.56 Å². The second-order valence-corrected chi connectivity index (χ2v) is 3.13. The van der Waals surface area contributed by atoms with Crippen molar-refractivity contribution in [2.45, 2.75) is 6.42 Å². The van der Waals surface area contributed by atoms with Gasteiger partial charge in [-0.15, -0.1) is 0 Å². The number of hydrogen-bond donors (Lipinski definition) is 2. The van der Waals surface area contributed by atoms with Gasteiger partial charge in [-0.25, -0.2) is 0 Å². The number of hydrazine groups is 1. The van der Waals surface area contributed by atoms with Gasteiger partial charge in [0.25, 0.3) is 0 Å². The molecule has 0 spiro atoms. The van der Waals surface area contributed by atoms with E-state index >= 15 is 0 Å². The first-order chi connectivity index (χ1) is 6.33. The van der Waals surface area contributed by atoms with Crippen molar-refractivity contribution in [2.24, 2.45) is 0 Å². The molecular weight excluding hydrogens is 184 g/mol. The van der Waals surface area contributed by atoms with Gasteiger partial charge in [-0.3, -0.25) is 10.2 Å². The highest BCUT2D eigenvalue weighted by atomic mass is 32.2. The maximum atomic E-state index is 11.2. The summed E-state index contributed by atoms with van der Waals surface area (Å²) in [5.74, 6) is -0.0273. The van der Waals surface area contributed by atoms with E-state index in [1.54, 1.807) is 0 Å². The van der Waals surface area contributed by atoms with Gasteiger partial charge in [0.15, 0.2) is 0 Å². The molecule has 0 radical (unpaired) electrons. The van der Waals surface area contributed by atoms with E-state index in [4.69, 9.17) is 0 Å². The fourth-order valence-electron chi connectivity index (χ4n) is 0.933. The van der Waals surface area contributed by atoms with Crippen molar-refractivity contribution >= 4 is 17.9 Å². The lowest BCUT2D eigenvalue weighted by Crippen LogP contribution is -2.33. The normalized spacial score (nSPS) is 9.62. The zero-order chi connectivity index (χ0) is 9.52. The Morgan fingerprint density at radius 2 is 2.08 bits per heavy atom. The molecule has 1 amide bonds. The van der Waals surface area contributed by atoms with Crippen LogP contribution in [0.2, 0.25) is 0 Å². The molecule has 0 saturated carbocycles. The second kappa shape index (κ2) is 5.61. The lowest BCUT2D eigenvalue weighted by atomic mass is 10.1. The summed E-state index contributed by atoms with van der Waals surface area (Å²) in [7, 11) is 0. The fourth-order valence-corrected chi connectivity index (χ4v) is 1.15. The molecule has 2 N–H and O–H groups in total. The summed E-state index contributed by atoms with van der Waals surface area (Å²) in [5, 5.41) is 0. The first kappa shape index (κ1) is 10.1. The van der Waals surface area contributed by atoms with Gasteiger partial charge in [-0.05, 0) is 11.8 Å². The minimum Gasteiger partial charge on any atom is -0.281 e. The predicted octanol–water partition coefficient (Wildman–Crippen LogP) is 1.13. The van der Waals surface area contributed by atoms with Crippen LogP contribution in [0, 0.1) is 0 Å². The number of carbonyl (C=O) groups excluding carboxylic acids is 1. The molecule has 70 valence electrons. The summed E-state index contributed by atoms with van der Waals surface area (Å²) in [6.07, 6.45) is 2.26. The van der Waals surface area contributed by atoms with E-state index in [-0.39, 0.29) is 5.91 Å². The Morgan fingerprint density at radius 3 is 2.69 bits per heavy atom. The number of rotatable bonds is 4. The van der Waals surface area contributed by atoms with E-state index in [9.17, 15) is 4.79 Å². The van der Waals surface area contributed by atoms with Crippen LogP contribution in [0.25, 0.3) is 0 Å². The summed E-state index contributed by atoms with van der Waals surface area (Å²) in [6.45, 7) is 0. The van der Waals surface area contributed by atoms with Gasteiger partial charge in [-0.1, -0.05) is 42.3 Å². The molecule has 1 aromatic carbocycles. The van der Waals surface area contributed by atoms with E-state index in [2.05, 4.69) is 10.3 Å². The van der Waals surface area contributed by atoms with Crippen LogP contribution in [0.3, 0.4) is 0 Å². The predicted molar refractivity (Wildman–Crippen MR) is 54.9 cm³/mol. The Kier molecular flexibility index (Phi) is 4.35.